The lowest BCUT2D eigenvalue weighted by Crippen LogP contribution is -2.36. The van der Waals surface area contributed by atoms with Crippen LogP contribution in [0.4, 0.5) is 0 Å². The molecule has 6 aromatic carbocycles. The molecule has 0 amide bonds. The van der Waals surface area contributed by atoms with Crippen molar-refractivity contribution in [2.24, 2.45) is 11.8 Å². The van der Waals surface area contributed by atoms with Crippen molar-refractivity contribution in [3.8, 4) is 5.69 Å². The van der Waals surface area contributed by atoms with E-state index in [0.717, 1.165) is 6.42 Å². The number of hydrogen-bond acceptors (Lipinski definition) is 3. The lowest BCUT2D eigenvalue weighted by Gasteiger charge is -2.42. The molecule has 1 aliphatic heterocycles. The van der Waals surface area contributed by atoms with E-state index in [-0.39, 0.29) is 0 Å². The predicted octanol–water partition coefficient (Wildman–Crippen LogP) is 11.3. The maximum atomic E-state index is 6.73. The summed E-state index contributed by atoms with van der Waals surface area (Å²) in [7, 11) is 0. The molecule has 3 nitrogen and oxygen atoms in total. The van der Waals surface area contributed by atoms with Crippen molar-refractivity contribution in [2.45, 2.75) is 51.1 Å². The third-order valence-corrected chi connectivity index (χ3v) is 12.8. The van der Waals surface area contributed by atoms with E-state index in [2.05, 4.69) is 158 Å². The fourth-order valence-electron chi connectivity index (χ4n) is 9.77. The van der Waals surface area contributed by atoms with Gasteiger partial charge in [0.1, 0.15) is 0 Å². The van der Waals surface area contributed by atoms with Gasteiger partial charge in [-0.25, -0.2) is 5.01 Å². The second kappa shape index (κ2) is 11.8. The Morgan fingerprint density at radius 1 is 0.706 bits per heavy atom. The van der Waals surface area contributed by atoms with Crippen LogP contribution in [-0.4, -0.2) is 9.58 Å². The van der Waals surface area contributed by atoms with Crippen LogP contribution in [0.3, 0.4) is 0 Å². The van der Waals surface area contributed by atoms with Crippen molar-refractivity contribution < 1.29 is 0 Å². The molecule has 3 unspecified atom stereocenters. The molecule has 0 spiro atoms. The Bertz CT molecular complexity index is 2600. The zero-order chi connectivity index (χ0) is 34.3. The predicted molar refractivity (Wildman–Crippen MR) is 214 cm³/mol. The van der Waals surface area contributed by atoms with Crippen molar-refractivity contribution in [1.29, 1.82) is 0 Å². The number of rotatable bonds is 6. The van der Waals surface area contributed by atoms with E-state index in [9.17, 15) is 0 Å². The molecule has 0 saturated heterocycles. The third-order valence-electron chi connectivity index (χ3n) is 11.6. The van der Waals surface area contributed by atoms with Gasteiger partial charge < -0.3 is 4.57 Å². The summed E-state index contributed by atoms with van der Waals surface area (Å²) >= 11 is 1.97. The number of thiophene rings is 1. The van der Waals surface area contributed by atoms with Crippen LogP contribution in [0.1, 0.15) is 70.8 Å². The molecule has 2 N–H and O–H groups in total. The van der Waals surface area contributed by atoms with E-state index in [4.69, 9.17) is 5.84 Å². The van der Waals surface area contributed by atoms with Crippen LogP contribution in [0.15, 0.2) is 140 Å². The zero-order valence-electron chi connectivity index (χ0n) is 29.1. The Balaban J connectivity index is 1.32. The minimum absolute atomic E-state index is 0.467. The van der Waals surface area contributed by atoms with Gasteiger partial charge in [0.05, 0.1) is 16.6 Å². The van der Waals surface area contributed by atoms with Gasteiger partial charge in [0, 0.05) is 44.3 Å². The lowest BCUT2D eigenvalue weighted by atomic mass is 9.62. The highest BCUT2D eigenvalue weighted by molar-refractivity contribution is 7.26. The highest BCUT2D eigenvalue weighted by Gasteiger charge is 2.47. The molecule has 1 aliphatic carbocycles. The van der Waals surface area contributed by atoms with Gasteiger partial charge in [0.15, 0.2) is 0 Å². The number of hydrogen-bond donors (Lipinski definition) is 1. The number of fused-ring (bicyclic) bond motifs is 9. The van der Waals surface area contributed by atoms with Crippen molar-refractivity contribution in [3.05, 3.63) is 184 Å². The summed E-state index contributed by atoms with van der Waals surface area (Å²) in [6.07, 6.45) is 2.32. The normalized spacial score (nSPS) is 19.5. The fourth-order valence-corrected chi connectivity index (χ4v) is 11.0. The molecule has 0 bridgehead atoms. The molecule has 3 atom stereocenters. The molecule has 250 valence electrons. The Kier molecular flexibility index (Phi) is 7.11. The summed E-state index contributed by atoms with van der Waals surface area (Å²) in [4.78, 5) is 0. The first-order valence-corrected chi connectivity index (χ1v) is 19.1. The molecule has 0 saturated carbocycles. The molecule has 51 heavy (non-hydrogen) atoms. The smallest absolute Gasteiger partial charge is 0.0742 e. The minimum atomic E-state index is -0.548. The van der Waals surface area contributed by atoms with Crippen molar-refractivity contribution in [2.75, 3.05) is 0 Å². The van der Waals surface area contributed by atoms with Crippen LogP contribution in [0.25, 0.3) is 36.8 Å². The average molecular weight is 680 g/mol. The summed E-state index contributed by atoms with van der Waals surface area (Å²) < 4.78 is 5.48. The van der Waals surface area contributed by atoms with Gasteiger partial charge in [-0.1, -0.05) is 135 Å². The van der Waals surface area contributed by atoms with Gasteiger partial charge in [-0.05, 0) is 81.8 Å². The van der Waals surface area contributed by atoms with Crippen LogP contribution in [0.5, 0.6) is 0 Å². The summed E-state index contributed by atoms with van der Waals surface area (Å²) in [6.45, 7) is 6.24. The van der Waals surface area contributed by atoms with Crippen molar-refractivity contribution in [1.82, 2.24) is 9.58 Å². The number of nitrogens with two attached hydrogens (primary N) is 1. The van der Waals surface area contributed by atoms with Gasteiger partial charge in [0.2, 0.25) is 0 Å². The number of hydrazine groups is 1. The number of aromatic nitrogens is 1. The highest BCUT2D eigenvalue weighted by atomic mass is 32.1. The quantitative estimate of drug-likeness (QED) is 0.140. The molecule has 0 fully saturated rings. The Morgan fingerprint density at radius 2 is 1.39 bits per heavy atom. The Hall–Kier alpha value is -5.00. The summed E-state index contributed by atoms with van der Waals surface area (Å²) in [5.74, 6) is 7.83. The van der Waals surface area contributed by atoms with Gasteiger partial charge in [-0.3, -0.25) is 5.84 Å². The van der Waals surface area contributed by atoms with E-state index < -0.39 is 5.41 Å². The first-order valence-electron chi connectivity index (χ1n) is 18.3. The summed E-state index contributed by atoms with van der Waals surface area (Å²) in [5.41, 5.74) is 12.9. The Morgan fingerprint density at radius 3 is 2.24 bits per heavy atom. The van der Waals surface area contributed by atoms with E-state index >= 15 is 0 Å². The number of para-hydroxylation sites is 1. The largest absolute Gasteiger partial charge is 0.312 e. The first-order chi connectivity index (χ1) is 25.0. The maximum Gasteiger partial charge on any atom is 0.0742 e. The second-order valence-electron chi connectivity index (χ2n) is 15.0. The van der Waals surface area contributed by atoms with Gasteiger partial charge >= 0.3 is 0 Å². The van der Waals surface area contributed by atoms with E-state index in [1.54, 1.807) is 5.56 Å². The van der Waals surface area contributed by atoms with Gasteiger partial charge in [0.25, 0.3) is 0 Å². The molecule has 2 aliphatic rings. The molecule has 0 radical (unpaired) electrons. The first kappa shape index (κ1) is 30.8. The average Bonchev–Trinajstić information content (AvgIpc) is 3.70. The molecule has 4 heteroatoms. The molecule has 10 rings (SSSR count). The minimum Gasteiger partial charge on any atom is -0.312 e. The van der Waals surface area contributed by atoms with E-state index in [0.29, 0.717) is 24.9 Å². The van der Waals surface area contributed by atoms with Gasteiger partial charge in [-0.15, -0.1) is 11.3 Å². The van der Waals surface area contributed by atoms with Crippen LogP contribution >= 0.6 is 11.3 Å². The van der Waals surface area contributed by atoms with Crippen LogP contribution in [0.2, 0.25) is 0 Å². The van der Waals surface area contributed by atoms with Crippen molar-refractivity contribution in [3.63, 3.8) is 0 Å². The maximum absolute atomic E-state index is 6.73. The molecular formula is C47H41N3S. The standard InChI is InChI=1S/C47H41N3S/c1-30-24-31(2)44-38(25-30)43-45-40(27-37-36-20-9-12-23-42(36)51-46(37)43)47(34-17-7-4-8-18-34,39-21-10-11-22-41(39)50(44)45)35-19-13-16-33(26-35)29-49(48)28-32-14-5-3-6-15-32/h3-23,26-27,30-31H,24-25,28-29,48H2,1-2H3. The fraction of sp³-hybridized carbons (Fsp3) is 0.191. The SMILES string of the molecule is CC1Cc2c(n3c4c(cc5c6ccccc6sc5c24)C(c2ccccc2)(c2cccc(CN(N)Cc4ccccc4)c2)c2ccccc2-3)C(C)C1. The second-order valence-corrected chi connectivity index (χ2v) is 16.0. The van der Waals surface area contributed by atoms with Crippen LogP contribution in [-0.2, 0) is 24.9 Å². The van der Waals surface area contributed by atoms with E-state index in [1.165, 1.54) is 82.3 Å². The monoisotopic (exact) mass is 679 g/mol. The molecule has 2 aromatic heterocycles. The van der Waals surface area contributed by atoms with Crippen LogP contribution in [0, 0.1) is 5.92 Å². The van der Waals surface area contributed by atoms with E-state index in [1.807, 2.05) is 16.3 Å². The molecular weight excluding hydrogens is 639 g/mol. The number of benzene rings is 6. The lowest BCUT2D eigenvalue weighted by molar-refractivity contribution is 0.266. The summed E-state index contributed by atoms with van der Waals surface area (Å²) in [5, 5.41) is 6.13. The highest BCUT2D eigenvalue weighted by Crippen LogP contribution is 2.58. The topological polar surface area (TPSA) is 34.2 Å². The molecule has 8 aromatic rings. The Labute approximate surface area is 303 Å². The number of nitrogens with zero attached hydrogens (tertiary/aromatic N) is 2. The zero-order valence-corrected chi connectivity index (χ0v) is 30.0. The van der Waals surface area contributed by atoms with Gasteiger partial charge in [-0.2, -0.15) is 0 Å². The third kappa shape index (κ3) is 4.57. The summed E-state index contributed by atoms with van der Waals surface area (Å²) in [6, 6.07) is 51.9. The van der Waals surface area contributed by atoms with Crippen molar-refractivity contribution >= 4 is 42.4 Å². The van der Waals surface area contributed by atoms with Crippen LogP contribution < -0.4 is 5.84 Å². The molecule has 3 heterocycles.